The first kappa shape index (κ1) is 15.4. The summed E-state index contributed by atoms with van der Waals surface area (Å²) < 4.78 is 28.4. The molecule has 0 aliphatic carbocycles. The molecule has 0 saturated carbocycles. The van der Waals surface area contributed by atoms with Crippen molar-refractivity contribution in [2.24, 2.45) is 5.10 Å². The van der Waals surface area contributed by atoms with Gasteiger partial charge in [0.05, 0.1) is 30.8 Å². The van der Waals surface area contributed by atoms with Crippen molar-refractivity contribution in [3.05, 3.63) is 0 Å². The molecule has 1 atom stereocenters. The fourth-order valence-corrected chi connectivity index (χ4v) is 4.62. The van der Waals surface area contributed by atoms with Crippen LogP contribution in [0.3, 0.4) is 0 Å². The van der Waals surface area contributed by atoms with Gasteiger partial charge in [0.2, 0.25) is 5.91 Å². The Morgan fingerprint density at radius 2 is 1.95 bits per heavy atom. The fourth-order valence-electron chi connectivity index (χ4n) is 2.93. The average Bonchev–Trinajstić information content (AvgIpc) is 2.88. The Labute approximate surface area is 129 Å². The molecule has 0 unspecified atom stereocenters. The monoisotopic (exact) mass is 329 g/mol. The van der Waals surface area contributed by atoms with Crippen molar-refractivity contribution in [1.82, 2.24) is 9.91 Å². The van der Waals surface area contributed by atoms with Gasteiger partial charge in [-0.1, -0.05) is 0 Å². The molecule has 0 aromatic heterocycles. The zero-order valence-electron chi connectivity index (χ0n) is 12.2. The van der Waals surface area contributed by atoms with Crippen LogP contribution in [0.15, 0.2) is 5.10 Å². The predicted octanol–water partition coefficient (Wildman–Crippen LogP) is -0.989. The van der Waals surface area contributed by atoms with E-state index < -0.39 is 15.9 Å². The highest BCUT2D eigenvalue weighted by atomic mass is 32.2. The van der Waals surface area contributed by atoms with Crippen LogP contribution in [-0.2, 0) is 24.2 Å². The lowest BCUT2D eigenvalue weighted by molar-refractivity contribution is -0.134. The van der Waals surface area contributed by atoms with Gasteiger partial charge in [0, 0.05) is 25.9 Å². The molecule has 0 radical (unpaired) electrons. The molecule has 2 saturated heterocycles. The zero-order valence-corrected chi connectivity index (χ0v) is 13.0. The highest BCUT2D eigenvalue weighted by Gasteiger charge is 2.37. The maximum absolute atomic E-state index is 12.4. The molecule has 22 heavy (non-hydrogen) atoms. The summed E-state index contributed by atoms with van der Waals surface area (Å²) in [5, 5.41) is 5.41. The lowest BCUT2D eigenvalue weighted by Crippen LogP contribution is -2.47. The predicted molar refractivity (Wildman–Crippen MR) is 78.0 cm³/mol. The third-order valence-corrected chi connectivity index (χ3v) is 5.91. The number of sulfone groups is 1. The number of amides is 2. The number of ether oxygens (including phenoxy) is 1. The lowest BCUT2D eigenvalue weighted by atomic mass is 10.1. The Kier molecular flexibility index (Phi) is 4.18. The van der Waals surface area contributed by atoms with E-state index in [4.69, 9.17) is 4.74 Å². The van der Waals surface area contributed by atoms with E-state index in [2.05, 4.69) is 5.10 Å². The summed E-state index contributed by atoms with van der Waals surface area (Å²) in [6.07, 6.45) is 0.896. The largest absolute Gasteiger partial charge is 0.378 e. The maximum Gasteiger partial charge on any atom is 0.270 e. The number of hydrogen-bond acceptors (Lipinski definition) is 6. The van der Waals surface area contributed by atoms with Crippen LogP contribution >= 0.6 is 0 Å². The van der Waals surface area contributed by atoms with Crippen molar-refractivity contribution in [2.75, 3.05) is 37.8 Å². The Balaban J connectivity index is 1.76. The smallest absolute Gasteiger partial charge is 0.270 e. The molecular formula is C13H19N3O5S. The van der Waals surface area contributed by atoms with E-state index >= 15 is 0 Å². The third kappa shape index (κ3) is 3.14. The van der Waals surface area contributed by atoms with Crippen LogP contribution in [0.2, 0.25) is 0 Å². The van der Waals surface area contributed by atoms with Gasteiger partial charge in [0.25, 0.3) is 5.91 Å². The molecule has 122 valence electrons. The molecule has 3 rings (SSSR count). The molecule has 0 aromatic rings. The first-order valence-corrected chi connectivity index (χ1v) is 9.25. The summed E-state index contributed by atoms with van der Waals surface area (Å²) >= 11 is 0. The fraction of sp³-hybridized carbons (Fsp3) is 0.769. The molecule has 0 spiro atoms. The van der Waals surface area contributed by atoms with Gasteiger partial charge in [0.1, 0.15) is 5.71 Å². The van der Waals surface area contributed by atoms with Crippen LogP contribution in [-0.4, -0.2) is 79.7 Å². The second-order valence-electron chi connectivity index (χ2n) is 5.75. The molecule has 0 N–H and O–H groups in total. The van der Waals surface area contributed by atoms with Gasteiger partial charge in [-0.25, -0.2) is 13.4 Å². The molecule has 2 fully saturated rings. The standard InChI is InChI=1S/C13H19N3O5S/c17-12-2-1-11(13(18)15-4-6-21-7-5-15)14-16(12)10-3-8-22(19,20)9-10/h10H,1-9H2/t10-/m1/s1. The van der Waals surface area contributed by atoms with E-state index in [1.54, 1.807) is 4.90 Å². The van der Waals surface area contributed by atoms with Crippen molar-refractivity contribution in [2.45, 2.75) is 25.3 Å². The van der Waals surface area contributed by atoms with Crippen LogP contribution in [0, 0.1) is 0 Å². The van der Waals surface area contributed by atoms with Gasteiger partial charge < -0.3 is 9.64 Å². The van der Waals surface area contributed by atoms with Crippen molar-refractivity contribution in [3.63, 3.8) is 0 Å². The van der Waals surface area contributed by atoms with Crippen molar-refractivity contribution < 1.29 is 22.7 Å². The van der Waals surface area contributed by atoms with E-state index in [0.29, 0.717) is 44.9 Å². The highest BCUT2D eigenvalue weighted by molar-refractivity contribution is 7.91. The number of hydrazone groups is 1. The number of nitrogens with zero attached hydrogens (tertiary/aromatic N) is 3. The van der Waals surface area contributed by atoms with Crippen LogP contribution in [0.4, 0.5) is 0 Å². The van der Waals surface area contributed by atoms with Gasteiger partial charge in [-0.2, -0.15) is 5.10 Å². The normalized spacial score (nSPS) is 28.6. The van der Waals surface area contributed by atoms with Crippen LogP contribution in [0.5, 0.6) is 0 Å². The molecule has 2 amide bonds. The summed E-state index contributed by atoms with van der Waals surface area (Å²) in [5.41, 5.74) is 0.339. The van der Waals surface area contributed by atoms with Gasteiger partial charge >= 0.3 is 0 Å². The molecule has 3 heterocycles. The lowest BCUT2D eigenvalue weighted by Gasteiger charge is -2.31. The Bertz CT molecular complexity index is 609. The van der Waals surface area contributed by atoms with E-state index in [9.17, 15) is 18.0 Å². The number of morpholine rings is 1. The SMILES string of the molecule is O=C(C1=NN([C@@H]2CCS(=O)(=O)C2)C(=O)CC1)N1CCOCC1. The topological polar surface area (TPSA) is 96.3 Å². The van der Waals surface area contributed by atoms with Crippen molar-refractivity contribution in [1.29, 1.82) is 0 Å². The van der Waals surface area contributed by atoms with Crippen LogP contribution < -0.4 is 0 Å². The molecule has 0 bridgehead atoms. The maximum atomic E-state index is 12.4. The number of rotatable bonds is 2. The van der Waals surface area contributed by atoms with E-state index in [1.807, 2.05) is 0 Å². The summed E-state index contributed by atoms with van der Waals surface area (Å²) in [6, 6.07) is -0.440. The molecule has 3 aliphatic heterocycles. The van der Waals surface area contributed by atoms with Gasteiger partial charge in [-0.3, -0.25) is 9.59 Å². The summed E-state index contributed by atoms with van der Waals surface area (Å²) in [5.74, 6) is -0.382. The Morgan fingerprint density at radius 3 is 2.59 bits per heavy atom. The van der Waals surface area contributed by atoms with Gasteiger partial charge in [-0.05, 0) is 6.42 Å². The molecule has 3 aliphatic rings. The van der Waals surface area contributed by atoms with Crippen LogP contribution in [0.1, 0.15) is 19.3 Å². The summed E-state index contributed by atoms with van der Waals surface area (Å²) in [6.45, 7) is 2.04. The number of carbonyl (C=O) groups excluding carboxylic acids is 2. The van der Waals surface area contributed by atoms with E-state index in [-0.39, 0.29) is 29.7 Å². The third-order valence-electron chi connectivity index (χ3n) is 4.16. The number of hydrogen-bond donors (Lipinski definition) is 0. The second kappa shape index (κ2) is 5.96. The molecule has 0 aromatic carbocycles. The Morgan fingerprint density at radius 1 is 1.23 bits per heavy atom. The molecular weight excluding hydrogens is 310 g/mol. The minimum atomic E-state index is -3.10. The number of carbonyl (C=O) groups is 2. The van der Waals surface area contributed by atoms with Crippen molar-refractivity contribution in [3.8, 4) is 0 Å². The average molecular weight is 329 g/mol. The highest BCUT2D eigenvalue weighted by Crippen LogP contribution is 2.22. The minimum absolute atomic E-state index is 0.0682. The summed E-state index contributed by atoms with van der Waals surface area (Å²) in [4.78, 5) is 26.1. The van der Waals surface area contributed by atoms with E-state index in [1.165, 1.54) is 5.01 Å². The first-order valence-electron chi connectivity index (χ1n) is 7.43. The quantitative estimate of drug-likeness (QED) is 0.648. The van der Waals surface area contributed by atoms with Gasteiger partial charge in [-0.15, -0.1) is 0 Å². The molecule has 8 nitrogen and oxygen atoms in total. The Hall–Kier alpha value is -1.48. The van der Waals surface area contributed by atoms with Crippen molar-refractivity contribution >= 4 is 27.4 Å². The molecule has 9 heteroatoms. The summed E-state index contributed by atoms with van der Waals surface area (Å²) in [7, 11) is -3.10. The van der Waals surface area contributed by atoms with E-state index in [0.717, 1.165) is 0 Å². The first-order chi connectivity index (χ1) is 10.5. The van der Waals surface area contributed by atoms with Crippen LogP contribution in [0.25, 0.3) is 0 Å². The van der Waals surface area contributed by atoms with Gasteiger partial charge in [0.15, 0.2) is 9.84 Å². The minimum Gasteiger partial charge on any atom is -0.378 e. The second-order valence-corrected chi connectivity index (χ2v) is 7.98. The zero-order chi connectivity index (χ0) is 15.7.